The van der Waals surface area contributed by atoms with Gasteiger partial charge in [0.2, 0.25) is 10.0 Å². The Labute approximate surface area is 205 Å². The summed E-state index contributed by atoms with van der Waals surface area (Å²) in [5.74, 6) is -0.365. The Morgan fingerprint density at radius 3 is 2.43 bits per heavy atom. The number of sulfonamides is 1. The fourth-order valence-corrected chi connectivity index (χ4v) is 6.87. The Kier molecular flexibility index (Phi) is 6.78. The second-order valence-corrected chi connectivity index (χ2v) is 13.8. The highest BCUT2D eigenvalue weighted by Crippen LogP contribution is 2.29. The van der Waals surface area contributed by atoms with Gasteiger partial charge in [0, 0.05) is 23.3 Å². The first-order valence-corrected chi connectivity index (χ1v) is 14.6. The summed E-state index contributed by atoms with van der Waals surface area (Å²) >= 11 is 0. The van der Waals surface area contributed by atoms with Crippen LogP contribution in [0.4, 0.5) is 0 Å². The van der Waals surface area contributed by atoms with Crippen molar-refractivity contribution in [3.63, 3.8) is 0 Å². The van der Waals surface area contributed by atoms with Crippen molar-refractivity contribution in [2.45, 2.75) is 56.6 Å². The molecule has 3 aromatic rings. The number of pyridine rings is 1. The summed E-state index contributed by atoms with van der Waals surface area (Å²) < 4.78 is 56.8. The number of fused-ring (bicyclic) bond motifs is 1. The van der Waals surface area contributed by atoms with Crippen LogP contribution in [0.2, 0.25) is 0 Å². The van der Waals surface area contributed by atoms with Crippen LogP contribution in [0.15, 0.2) is 47.5 Å². The van der Waals surface area contributed by atoms with Crippen LogP contribution in [0.1, 0.15) is 39.3 Å². The zero-order chi connectivity index (χ0) is 25.4. The molecule has 11 heteroatoms. The number of rotatable bonds is 6. The van der Waals surface area contributed by atoms with Gasteiger partial charge in [0.15, 0.2) is 0 Å². The van der Waals surface area contributed by atoms with Crippen molar-refractivity contribution in [3.8, 4) is 11.1 Å². The van der Waals surface area contributed by atoms with E-state index in [1.807, 2.05) is 32.9 Å². The van der Waals surface area contributed by atoms with Gasteiger partial charge in [-0.2, -0.15) is 0 Å². The summed E-state index contributed by atoms with van der Waals surface area (Å²) in [5, 5.41) is 0.809. The number of carbonyl (C=O) groups excluding carboxylic acids is 1. The molecular formula is C24H29N3O6S2. The number of esters is 1. The topological polar surface area (TPSA) is 135 Å². The highest BCUT2D eigenvalue weighted by Gasteiger charge is 2.27. The third-order valence-corrected chi connectivity index (χ3v) is 8.95. The highest BCUT2D eigenvalue weighted by molar-refractivity contribution is 7.91. The normalized spacial score (nSPS) is 16.9. The number of hydrogen-bond acceptors (Lipinski definition) is 7. The second-order valence-electron chi connectivity index (χ2n) is 9.75. The number of sulfone groups is 1. The molecule has 2 N–H and O–H groups in total. The van der Waals surface area contributed by atoms with E-state index < -0.39 is 31.5 Å². The summed E-state index contributed by atoms with van der Waals surface area (Å²) in [6, 6.07) is 9.77. The number of carbonyl (C=O) groups is 1. The zero-order valence-corrected chi connectivity index (χ0v) is 21.5. The summed E-state index contributed by atoms with van der Waals surface area (Å²) in [6.07, 6.45) is 2.27. The van der Waals surface area contributed by atoms with Crippen LogP contribution >= 0.6 is 0 Å². The number of nitrogens with zero attached hydrogens (tertiary/aromatic N) is 1. The smallest absolute Gasteiger partial charge is 0.312 e. The van der Waals surface area contributed by atoms with Gasteiger partial charge in [-0.05, 0) is 69.0 Å². The largest absolute Gasteiger partial charge is 0.460 e. The van der Waals surface area contributed by atoms with Crippen LogP contribution in [0.5, 0.6) is 0 Å². The molecule has 0 unspecified atom stereocenters. The fourth-order valence-electron chi connectivity index (χ4n) is 4.07. The van der Waals surface area contributed by atoms with Crippen molar-refractivity contribution >= 4 is 36.9 Å². The van der Waals surface area contributed by atoms with E-state index in [2.05, 4.69) is 14.7 Å². The van der Waals surface area contributed by atoms with Crippen molar-refractivity contribution in [1.82, 2.24) is 14.7 Å². The van der Waals surface area contributed by atoms with Crippen molar-refractivity contribution < 1.29 is 26.4 Å². The number of aromatic amines is 1. The van der Waals surface area contributed by atoms with Crippen molar-refractivity contribution in [3.05, 3.63) is 48.3 Å². The average Bonchev–Trinajstić information content (AvgIpc) is 3.16. The number of H-pyrrole nitrogens is 1. The lowest BCUT2D eigenvalue weighted by atomic mass is 10.0. The molecule has 0 radical (unpaired) electrons. The quantitative estimate of drug-likeness (QED) is 0.478. The standard InChI is InChI=1S/C24H29N3O6S2/c1-24(2,3)33-22(28)15-18-14-21-20(8-11-25-23(21)26-18)16-4-6-19(7-5-16)35(31,32)27-17-9-12-34(29,30)13-10-17/h4-8,11,14,17,27H,9-10,12-13,15H2,1-3H3,(H,25,26). The van der Waals surface area contributed by atoms with Crippen LogP contribution in [0.3, 0.4) is 0 Å². The molecule has 0 aliphatic carbocycles. The Hall–Kier alpha value is -2.76. The molecule has 1 aliphatic rings. The summed E-state index contributed by atoms with van der Waals surface area (Å²) in [5.41, 5.74) is 2.36. The predicted molar refractivity (Wildman–Crippen MR) is 133 cm³/mol. The molecule has 0 atom stereocenters. The average molecular weight is 520 g/mol. The van der Waals surface area contributed by atoms with Gasteiger partial charge in [-0.3, -0.25) is 4.79 Å². The number of ether oxygens (including phenoxy) is 1. The van der Waals surface area contributed by atoms with Gasteiger partial charge < -0.3 is 9.72 Å². The lowest BCUT2D eigenvalue weighted by molar-refractivity contribution is -0.153. The molecule has 1 aromatic carbocycles. The number of hydrogen-bond donors (Lipinski definition) is 2. The molecule has 4 rings (SSSR count). The van der Waals surface area contributed by atoms with Crippen LogP contribution in [-0.4, -0.2) is 55.9 Å². The van der Waals surface area contributed by atoms with Crippen molar-refractivity contribution in [2.75, 3.05) is 11.5 Å². The molecule has 9 nitrogen and oxygen atoms in total. The van der Waals surface area contributed by atoms with E-state index in [9.17, 15) is 21.6 Å². The van der Waals surface area contributed by atoms with E-state index >= 15 is 0 Å². The maximum atomic E-state index is 12.8. The molecule has 188 valence electrons. The Balaban J connectivity index is 1.52. The van der Waals surface area contributed by atoms with Crippen LogP contribution in [0.25, 0.3) is 22.2 Å². The lowest BCUT2D eigenvalue weighted by Gasteiger charge is -2.22. The third-order valence-electron chi connectivity index (χ3n) is 5.69. The van der Waals surface area contributed by atoms with Gasteiger partial charge in [-0.25, -0.2) is 26.5 Å². The third kappa shape index (κ3) is 6.28. The van der Waals surface area contributed by atoms with Gasteiger partial charge >= 0.3 is 5.97 Å². The van der Waals surface area contributed by atoms with E-state index in [1.165, 1.54) is 12.1 Å². The van der Waals surface area contributed by atoms with Crippen molar-refractivity contribution in [1.29, 1.82) is 0 Å². The predicted octanol–water partition coefficient (Wildman–Crippen LogP) is 2.97. The SMILES string of the molecule is CC(C)(C)OC(=O)Cc1cc2c(-c3ccc(S(=O)(=O)NC4CCS(=O)(=O)CC4)cc3)ccnc2[nH]1. The van der Waals surface area contributed by atoms with Crippen LogP contribution in [0, 0.1) is 0 Å². The van der Waals surface area contributed by atoms with Gasteiger partial charge in [0.25, 0.3) is 0 Å². The number of benzene rings is 1. The minimum atomic E-state index is -3.78. The Morgan fingerprint density at radius 1 is 1.14 bits per heavy atom. The maximum absolute atomic E-state index is 12.8. The first kappa shape index (κ1) is 25.3. The Bertz CT molecular complexity index is 1440. The van der Waals surface area contributed by atoms with Gasteiger partial charge in [-0.1, -0.05) is 12.1 Å². The van der Waals surface area contributed by atoms with E-state index in [0.29, 0.717) is 11.3 Å². The highest BCUT2D eigenvalue weighted by atomic mass is 32.2. The molecule has 2 aromatic heterocycles. The molecule has 0 saturated carbocycles. The molecule has 0 amide bonds. The summed E-state index contributed by atoms with van der Waals surface area (Å²) in [4.78, 5) is 19.8. The zero-order valence-electron chi connectivity index (χ0n) is 19.9. The molecule has 3 heterocycles. The van der Waals surface area contributed by atoms with E-state index in [0.717, 1.165) is 16.5 Å². The first-order valence-electron chi connectivity index (χ1n) is 11.3. The van der Waals surface area contributed by atoms with Gasteiger partial charge in [0.1, 0.15) is 21.1 Å². The van der Waals surface area contributed by atoms with Crippen LogP contribution < -0.4 is 4.72 Å². The summed E-state index contributed by atoms with van der Waals surface area (Å²) in [7, 11) is -6.85. The summed E-state index contributed by atoms with van der Waals surface area (Å²) in [6.45, 7) is 5.44. The molecule has 0 bridgehead atoms. The van der Waals surface area contributed by atoms with Crippen molar-refractivity contribution in [2.24, 2.45) is 0 Å². The molecule has 1 fully saturated rings. The molecule has 1 aliphatic heterocycles. The molecule has 1 saturated heterocycles. The van der Waals surface area contributed by atoms with E-state index in [4.69, 9.17) is 4.74 Å². The monoisotopic (exact) mass is 519 g/mol. The van der Waals surface area contributed by atoms with E-state index in [-0.39, 0.29) is 41.6 Å². The second kappa shape index (κ2) is 9.36. The fraction of sp³-hybridized carbons (Fsp3) is 0.417. The Morgan fingerprint density at radius 2 is 1.80 bits per heavy atom. The number of nitrogens with one attached hydrogen (secondary N) is 2. The molecule has 35 heavy (non-hydrogen) atoms. The minimum absolute atomic E-state index is 0.0102. The minimum Gasteiger partial charge on any atom is -0.460 e. The van der Waals surface area contributed by atoms with Crippen LogP contribution in [-0.2, 0) is 35.8 Å². The van der Waals surface area contributed by atoms with Gasteiger partial charge in [-0.15, -0.1) is 0 Å². The first-order chi connectivity index (χ1) is 16.3. The lowest BCUT2D eigenvalue weighted by Crippen LogP contribution is -2.40. The number of aromatic nitrogens is 2. The molecule has 0 spiro atoms. The molecular weight excluding hydrogens is 490 g/mol. The van der Waals surface area contributed by atoms with E-state index in [1.54, 1.807) is 18.3 Å². The van der Waals surface area contributed by atoms with Gasteiger partial charge in [0.05, 0.1) is 22.8 Å². The maximum Gasteiger partial charge on any atom is 0.312 e.